The molecule has 0 unspecified atom stereocenters. The Morgan fingerprint density at radius 1 is 1.27 bits per heavy atom. The highest BCUT2D eigenvalue weighted by Gasteiger charge is 2.28. The number of amides is 1. The summed E-state index contributed by atoms with van der Waals surface area (Å²) in [6.45, 7) is 7.34. The maximum Gasteiger partial charge on any atom is 0.410 e. The molecule has 1 aliphatic heterocycles. The first kappa shape index (κ1) is 21.0. The number of ether oxygens (including phenoxy) is 2. The molecule has 1 aliphatic rings. The van der Waals surface area contributed by atoms with Crippen molar-refractivity contribution in [1.29, 1.82) is 0 Å². The third kappa shape index (κ3) is 6.45. The Morgan fingerprint density at radius 3 is 2.54 bits per heavy atom. The average molecular weight is 430 g/mol. The van der Waals surface area contributed by atoms with Crippen molar-refractivity contribution in [1.82, 2.24) is 4.90 Å². The SMILES string of the molecule is CC(C)(C)OC(=O)N1CCC(c2ccc(OCCCCBr)cc2F)CC1. The summed E-state index contributed by atoms with van der Waals surface area (Å²) in [5, 5.41) is 0.950. The summed E-state index contributed by atoms with van der Waals surface area (Å²) in [6.07, 6.45) is 3.17. The minimum atomic E-state index is -0.496. The molecule has 1 fully saturated rings. The summed E-state index contributed by atoms with van der Waals surface area (Å²) in [5.41, 5.74) is 0.214. The van der Waals surface area contributed by atoms with E-state index in [1.807, 2.05) is 32.9 Å². The van der Waals surface area contributed by atoms with Crippen molar-refractivity contribution in [2.75, 3.05) is 25.0 Å². The second-order valence-electron chi connectivity index (χ2n) is 7.67. The Bertz CT molecular complexity index is 595. The molecule has 1 heterocycles. The van der Waals surface area contributed by atoms with E-state index in [9.17, 15) is 9.18 Å². The van der Waals surface area contributed by atoms with E-state index in [2.05, 4.69) is 15.9 Å². The van der Waals surface area contributed by atoms with Crippen LogP contribution in [0.2, 0.25) is 0 Å². The molecule has 0 bridgehead atoms. The van der Waals surface area contributed by atoms with Gasteiger partial charge in [0, 0.05) is 24.5 Å². The molecule has 1 aromatic carbocycles. The summed E-state index contributed by atoms with van der Waals surface area (Å²) in [6, 6.07) is 5.14. The van der Waals surface area contributed by atoms with Crippen LogP contribution in [-0.2, 0) is 4.74 Å². The number of hydrogen-bond donors (Lipinski definition) is 0. The Hall–Kier alpha value is -1.30. The number of carbonyl (C=O) groups is 1. The highest BCUT2D eigenvalue weighted by Crippen LogP contribution is 2.32. The van der Waals surface area contributed by atoms with Gasteiger partial charge < -0.3 is 14.4 Å². The molecule has 6 heteroatoms. The first-order valence-corrected chi connectivity index (χ1v) is 10.4. The largest absolute Gasteiger partial charge is 0.493 e. The zero-order valence-electron chi connectivity index (χ0n) is 15.9. The molecule has 0 atom stereocenters. The van der Waals surface area contributed by atoms with Crippen LogP contribution >= 0.6 is 15.9 Å². The Kier molecular flexibility index (Phi) is 7.74. The molecule has 2 rings (SSSR count). The third-order valence-electron chi connectivity index (χ3n) is 4.36. The van der Waals surface area contributed by atoms with Gasteiger partial charge in [-0.05, 0) is 64.0 Å². The molecule has 0 spiro atoms. The molecule has 0 aromatic heterocycles. The van der Waals surface area contributed by atoms with Gasteiger partial charge >= 0.3 is 6.09 Å². The first-order chi connectivity index (χ1) is 12.3. The predicted molar refractivity (Wildman–Crippen MR) is 105 cm³/mol. The van der Waals surface area contributed by atoms with Crippen LogP contribution in [0.25, 0.3) is 0 Å². The van der Waals surface area contributed by atoms with Gasteiger partial charge in [0.25, 0.3) is 0 Å². The standard InChI is InChI=1S/C20H29BrFNO3/c1-20(2,3)26-19(24)23-11-8-15(9-12-23)17-7-6-16(14-18(17)22)25-13-5-4-10-21/h6-7,14-15H,4-5,8-13H2,1-3H3. The van der Waals surface area contributed by atoms with Gasteiger partial charge in [-0.15, -0.1) is 0 Å². The number of alkyl halides is 1. The zero-order chi connectivity index (χ0) is 19.2. The number of unbranched alkanes of at least 4 members (excludes halogenated alkanes) is 1. The molecule has 0 aliphatic carbocycles. The molecule has 1 aromatic rings. The molecule has 0 saturated carbocycles. The van der Waals surface area contributed by atoms with Crippen molar-refractivity contribution < 1.29 is 18.7 Å². The van der Waals surface area contributed by atoms with E-state index in [1.165, 1.54) is 6.07 Å². The lowest BCUT2D eigenvalue weighted by Crippen LogP contribution is -2.41. The Balaban J connectivity index is 1.87. The maximum absolute atomic E-state index is 14.5. The molecule has 146 valence electrons. The quantitative estimate of drug-likeness (QED) is 0.442. The summed E-state index contributed by atoms with van der Waals surface area (Å²) in [7, 11) is 0. The third-order valence-corrected chi connectivity index (χ3v) is 4.92. The summed E-state index contributed by atoms with van der Waals surface area (Å²) in [4.78, 5) is 13.8. The van der Waals surface area contributed by atoms with E-state index >= 15 is 0 Å². The van der Waals surface area contributed by atoms with E-state index in [-0.39, 0.29) is 17.8 Å². The number of carbonyl (C=O) groups excluding carboxylic acids is 1. The molecular formula is C20H29BrFNO3. The summed E-state index contributed by atoms with van der Waals surface area (Å²) >= 11 is 3.38. The van der Waals surface area contributed by atoms with Gasteiger partial charge in [-0.25, -0.2) is 9.18 Å². The van der Waals surface area contributed by atoms with E-state index < -0.39 is 5.60 Å². The normalized spacial score (nSPS) is 15.8. The number of halogens is 2. The van der Waals surface area contributed by atoms with Crippen LogP contribution < -0.4 is 4.74 Å². The van der Waals surface area contributed by atoms with Crippen molar-refractivity contribution in [3.63, 3.8) is 0 Å². The van der Waals surface area contributed by atoms with E-state index in [4.69, 9.17) is 9.47 Å². The minimum Gasteiger partial charge on any atom is -0.493 e. The van der Waals surface area contributed by atoms with E-state index in [0.717, 1.165) is 31.0 Å². The van der Waals surface area contributed by atoms with Crippen LogP contribution in [0.5, 0.6) is 5.75 Å². The second-order valence-corrected chi connectivity index (χ2v) is 8.46. The predicted octanol–water partition coefficient (Wildman–Crippen LogP) is 5.49. The fourth-order valence-corrected chi connectivity index (χ4v) is 3.41. The van der Waals surface area contributed by atoms with Crippen molar-refractivity contribution in [3.05, 3.63) is 29.6 Å². The van der Waals surface area contributed by atoms with Gasteiger partial charge in [-0.3, -0.25) is 0 Å². The summed E-state index contributed by atoms with van der Waals surface area (Å²) in [5.74, 6) is 0.474. The second kappa shape index (κ2) is 9.58. The Labute approximate surface area is 164 Å². The number of hydrogen-bond acceptors (Lipinski definition) is 3. The van der Waals surface area contributed by atoms with Gasteiger partial charge in [-0.2, -0.15) is 0 Å². The number of nitrogens with zero attached hydrogens (tertiary/aromatic N) is 1. The number of benzene rings is 1. The first-order valence-electron chi connectivity index (χ1n) is 9.26. The molecular weight excluding hydrogens is 401 g/mol. The monoisotopic (exact) mass is 429 g/mol. The van der Waals surface area contributed by atoms with E-state index in [0.29, 0.717) is 31.0 Å². The topological polar surface area (TPSA) is 38.8 Å². The lowest BCUT2D eigenvalue weighted by Gasteiger charge is -2.33. The van der Waals surface area contributed by atoms with Crippen LogP contribution in [-0.4, -0.2) is 41.6 Å². The van der Waals surface area contributed by atoms with Crippen molar-refractivity contribution in [2.45, 2.75) is 58.0 Å². The lowest BCUT2D eigenvalue weighted by atomic mass is 9.89. The van der Waals surface area contributed by atoms with Crippen molar-refractivity contribution in [3.8, 4) is 5.75 Å². The van der Waals surface area contributed by atoms with Crippen molar-refractivity contribution >= 4 is 22.0 Å². The molecule has 0 radical (unpaired) electrons. The summed E-state index contributed by atoms with van der Waals surface area (Å²) < 4.78 is 25.5. The number of rotatable bonds is 6. The fourth-order valence-electron chi connectivity index (χ4n) is 3.01. The molecule has 0 N–H and O–H groups in total. The van der Waals surface area contributed by atoms with Crippen LogP contribution in [0.4, 0.5) is 9.18 Å². The van der Waals surface area contributed by atoms with Crippen LogP contribution in [0.3, 0.4) is 0 Å². The number of piperidine rings is 1. The van der Waals surface area contributed by atoms with Gasteiger partial charge in [0.05, 0.1) is 6.61 Å². The zero-order valence-corrected chi connectivity index (χ0v) is 17.5. The van der Waals surface area contributed by atoms with Crippen molar-refractivity contribution in [2.24, 2.45) is 0 Å². The molecule has 1 saturated heterocycles. The number of likely N-dealkylation sites (tertiary alicyclic amines) is 1. The van der Waals surface area contributed by atoms with E-state index in [1.54, 1.807) is 4.90 Å². The van der Waals surface area contributed by atoms with Crippen LogP contribution in [0, 0.1) is 5.82 Å². The lowest BCUT2D eigenvalue weighted by molar-refractivity contribution is 0.0204. The van der Waals surface area contributed by atoms with Gasteiger partial charge in [0.2, 0.25) is 0 Å². The van der Waals surface area contributed by atoms with Gasteiger partial charge in [0.15, 0.2) is 0 Å². The molecule has 26 heavy (non-hydrogen) atoms. The highest BCUT2D eigenvalue weighted by molar-refractivity contribution is 9.09. The van der Waals surface area contributed by atoms with Gasteiger partial charge in [0.1, 0.15) is 17.2 Å². The fraction of sp³-hybridized carbons (Fsp3) is 0.650. The minimum absolute atomic E-state index is 0.121. The van der Waals surface area contributed by atoms with Gasteiger partial charge in [-0.1, -0.05) is 22.0 Å². The average Bonchev–Trinajstić information content (AvgIpc) is 2.57. The highest BCUT2D eigenvalue weighted by atomic mass is 79.9. The smallest absolute Gasteiger partial charge is 0.410 e. The van der Waals surface area contributed by atoms with Crippen LogP contribution in [0.15, 0.2) is 18.2 Å². The molecule has 4 nitrogen and oxygen atoms in total. The maximum atomic E-state index is 14.5. The molecule has 1 amide bonds. The Morgan fingerprint density at radius 2 is 1.96 bits per heavy atom. The van der Waals surface area contributed by atoms with Crippen LogP contribution in [0.1, 0.15) is 57.9 Å².